The molecule has 1 saturated heterocycles. The minimum Gasteiger partial charge on any atom is -0.490 e. The van der Waals surface area contributed by atoms with E-state index in [4.69, 9.17) is 21.1 Å². The smallest absolute Gasteiger partial charge is 0.343 e. The van der Waals surface area contributed by atoms with E-state index >= 15 is 0 Å². The molecule has 4 rings (SSSR count). The number of aryl methyl sites for hydroxylation is 1. The van der Waals surface area contributed by atoms with E-state index in [9.17, 15) is 14.4 Å². The standard InChI is InChI=1S/C26H21ClN2O5/c1-3-33-22-15-17(13-20-24(30)28-29(25(20)31)19-10-5-4-6-11-19)14-21(27)23(22)34-26(32)18-9-7-8-16(2)12-18/h4-15H,3H2,1-2H3,(H,28,30)/b20-13+. The van der Waals surface area contributed by atoms with Crippen molar-refractivity contribution < 1.29 is 23.9 Å². The van der Waals surface area contributed by atoms with E-state index in [1.807, 2.05) is 19.1 Å². The highest BCUT2D eigenvalue weighted by Crippen LogP contribution is 2.38. The molecule has 0 radical (unpaired) electrons. The van der Waals surface area contributed by atoms with E-state index in [1.165, 1.54) is 17.2 Å². The van der Waals surface area contributed by atoms with Crippen LogP contribution in [0.25, 0.3) is 6.08 Å². The van der Waals surface area contributed by atoms with Crippen molar-refractivity contribution in [1.82, 2.24) is 5.43 Å². The minimum absolute atomic E-state index is 0.0604. The van der Waals surface area contributed by atoms with Crippen LogP contribution in [0.15, 0.2) is 72.3 Å². The normalized spacial score (nSPS) is 14.3. The molecule has 0 saturated carbocycles. The number of nitrogens with one attached hydrogen (secondary N) is 1. The van der Waals surface area contributed by atoms with E-state index in [0.29, 0.717) is 16.8 Å². The quantitative estimate of drug-likeness (QED) is 0.241. The number of ether oxygens (including phenoxy) is 2. The lowest BCUT2D eigenvalue weighted by molar-refractivity contribution is -0.117. The lowest BCUT2D eigenvalue weighted by Gasteiger charge is -2.14. The highest BCUT2D eigenvalue weighted by atomic mass is 35.5. The molecule has 1 aliphatic heterocycles. The first-order valence-corrected chi connectivity index (χ1v) is 10.9. The largest absolute Gasteiger partial charge is 0.490 e. The first-order valence-electron chi connectivity index (χ1n) is 10.5. The van der Waals surface area contributed by atoms with Gasteiger partial charge in [-0.15, -0.1) is 0 Å². The van der Waals surface area contributed by atoms with E-state index in [2.05, 4.69) is 5.43 Å². The van der Waals surface area contributed by atoms with Gasteiger partial charge in [-0.2, -0.15) is 0 Å². The number of nitrogens with zero attached hydrogens (tertiary/aromatic N) is 1. The Morgan fingerprint density at radius 3 is 2.53 bits per heavy atom. The maximum atomic E-state index is 12.9. The summed E-state index contributed by atoms with van der Waals surface area (Å²) in [7, 11) is 0. The van der Waals surface area contributed by atoms with Gasteiger partial charge in [-0.1, -0.05) is 47.5 Å². The topological polar surface area (TPSA) is 84.9 Å². The second-order valence-corrected chi connectivity index (χ2v) is 7.90. The van der Waals surface area contributed by atoms with E-state index in [1.54, 1.807) is 55.5 Å². The molecule has 3 aromatic carbocycles. The molecule has 0 aromatic heterocycles. The number of hydrazine groups is 1. The van der Waals surface area contributed by atoms with E-state index in [-0.39, 0.29) is 28.7 Å². The fraction of sp³-hybridized carbons (Fsp3) is 0.115. The van der Waals surface area contributed by atoms with Crippen LogP contribution >= 0.6 is 11.6 Å². The number of para-hydroxylation sites is 1. The first kappa shape index (κ1) is 23.1. The van der Waals surface area contributed by atoms with Crippen LogP contribution in [0.3, 0.4) is 0 Å². The molecule has 172 valence electrons. The number of hydrogen-bond acceptors (Lipinski definition) is 5. The molecule has 0 atom stereocenters. The Balaban J connectivity index is 1.65. The van der Waals surface area contributed by atoms with Crippen molar-refractivity contribution in [1.29, 1.82) is 0 Å². The van der Waals surface area contributed by atoms with Crippen LogP contribution in [0.2, 0.25) is 5.02 Å². The van der Waals surface area contributed by atoms with Gasteiger partial charge in [0.15, 0.2) is 11.5 Å². The highest BCUT2D eigenvalue weighted by Gasteiger charge is 2.34. The first-order chi connectivity index (χ1) is 16.4. The molecule has 0 bridgehead atoms. The number of hydrogen-bond donors (Lipinski definition) is 1. The van der Waals surface area contributed by atoms with E-state index in [0.717, 1.165) is 5.56 Å². The predicted molar refractivity (Wildman–Crippen MR) is 129 cm³/mol. The van der Waals surface area contributed by atoms with Gasteiger partial charge >= 0.3 is 5.97 Å². The van der Waals surface area contributed by atoms with Crippen molar-refractivity contribution in [2.45, 2.75) is 13.8 Å². The number of benzene rings is 3. The average Bonchev–Trinajstić information content (AvgIpc) is 3.10. The Labute approximate surface area is 201 Å². The summed E-state index contributed by atoms with van der Waals surface area (Å²) in [5, 5.41) is 1.28. The van der Waals surface area contributed by atoms with Gasteiger partial charge in [0.1, 0.15) is 5.57 Å². The molecular formula is C26H21ClN2O5. The lowest BCUT2D eigenvalue weighted by atomic mass is 10.1. The van der Waals surface area contributed by atoms with Crippen molar-refractivity contribution >= 4 is 41.1 Å². The molecule has 34 heavy (non-hydrogen) atoms. The van der Waals surface area contributed by atoms with Crippen LogP contribution < -0.4 is 19.9 Å². The van der Waals surface area contributed by atoms with Gasteiger partial charge in [-0.25, -0.2) is 9.80 Å². The van der Waals surface area contributed by atoms with Crippen LogP contribution in [0.5, 0.6) is 11.5 Å². The summed E-state index contributed by atoms with van der Waals surface area (Å²) in [6.45, 7) is 3.93. The van der Waals surface area contributed by atoms with Gasteiger partial charge in [-0.05, 0) is 61.9 Å². The molecule has 1 aliphatic rings. The summed E-state index contributed by atoms with van der Waals surface area (Å²) < 4.78 is 11.2. The Bertz CT molecular complexity index is 1300. The molecule has 0 aliphatic carbocycles. The van der Waals surface area contributed by atoms with Crippen molar-refractivity contribution in [3.63, 3.8) is 0 Å². The van der Waals surface area contributed by atoms with Crippen molar-refractivity contribution in [2.75, 3.05) is 11.6 Å². The third-order valence-corrected chi connectivity index (χ3v) is 5.28. The number of carbonyl (C=O) groups excluding carboxylic acids is 3. The Morgan fingerprint density at radius 1 is 1.06 bits per heavy atom. The zero-order chi connectivity index (χ0) is 24.2. The Hall–Kier alpha value is -4.10. The summed E-state index contributed by atoms with van der Waals surface area (Å²) in [4.78, 5) is 38.0. The minimum atomic E-state index is -0.582. The fourth-order valence-corrected chi connectivity index (χ4v) is 3.70. The van der Waals surface area contributed by atoms with Gasteiger partial charge in [-0.3, -0.25) is 15.0 Å². The fourth-order valence-electron chi connectivity index (χ4n) is 3.44. The maximum Gasteiger partial charge on any atom is 0.343 e. The zero-order valence-electron chi connectivity index (χ0n) is 18.5. The Morgan fingerprint density at radius 2 is 1.82 bits per heavy atom. The van der Waals surface area contributed by atoms with Crippen LogP contribution in [-0.4, -0.2) is 24.4 Å². The van der Waals surface area contributed by atoms with Gasteiger partial charge in [0.05, 0.1) is 22.9 Å². The summed E-state index contributed by atoms with van der Waals surface area (Å²) in [6, 6.07) is 18.8. The second kappa shape index (κ2) is 9.80. The van der Waals surface area contributed by atoms with Crippen LogP contribution in [0.4, 0.5) is 5.69 Å². The number of halogens is 1. The van der Waals surface area contributed by atoms with Gasteiger partial charge in [0, 0.05) is 0 Å². The van der Waals surface area contributed by atoms with Crippen molar-refractivity contribution in [3.05, 3.63) is 94.0 Å². The molecular weight excluding hydrogens is 456 g/mol. The lowest BCUT2D eigenvalue weighted by Crippen LogP contribution is -2.35. The summed E-state index contributed by atoms with van der Waals surface area (Å²) in [6.07, 6.45) is 1.42. The van der Waals surface area contributed by atoms with Crippen molar-refractivity contribution in [3.8, 4) is 11.5 Å². The molecule has 3 aromatic rings. The Kier molecular flexibility index (Phi) is 6.65. The number of anilines is 1. The zero-order valence-corrected chi connectivity index (χ0v) is 19.3. The van der Waals surface area contributed by atoms with Gasteiger partial charge < -0.3 is 9.47 Å². The van der Waals surface area contributed by atoms with Crippen LogP contribution in [-0.2, 0) is 9.59 Å². The SMILES string of the molecule is CCOc1cc(/C=C2\C(=O)NN(c3ccccc3)C2=O)cc(Cl)c1OC(=O)c1cccc(C)c1. The molecule has 2 amide bonds. The van der Waals surface area contributed by atoms with E-state index < -0.39 is 17.8 Å². The van der Waals surface area contributed by atoms with Gasteiger partial charge in [0.25, 0.3) is 11.8 Å². The number of amides is 2. The monoisotopic (exact) mass is 476 g/mol. The average molecular weight is 477 g/mol. The summed E-state index contributed by atoms with van der Waals surface area (Å²) >= 11 is 6.43. The molecule has 0 spiro atoms. The van der Waals surface area contributed by atoms with Gasteiger partial charge in [0.2, 0.25) is 0 Å². The molecule has 0 unspecified atom stereocenters. The van der Waals surface area contributed by atoms with Crippen LogP contribution in [0.1, 0.15) is 28.4 Å². The molecule has 1 N–H and O–H groups in total. The maximum absolute atomic E-state index is 12.9. The number of carbonyl (C=O) groups is 3. The summed E-state index contributed by atoms with van der Waals surface area (Å²) in [5.41, 5.74) is 4.75. The molecule has 8 heteroatoms. The molecule has 1 fully saturated rings. The molecule has 1 heterocycles. The second-order valence-electron chi connectivity index (χ2n) is 7.50. The third-order valence-electron chi connectivity index (χ3n) is 5.00. The summed E-state index contributed by atoms with van der Waals surface area (Å²) in [5.74, 6) is -1.35. The number of esters is 1. The van der Waals surface area contributed by atoms with Crippen molar-refractivity contribution in [2.24, 2.45) is 0 Å². The highest BCUT2D eigenvalue weighted by molar-refractivity contribution is 6.33. The predicted octanol–water partition coefficient (Wildman–Crippen LogP) is 4.73. The number of rotatable bonds is 6. The van der Waals surface area contributed by atoms with Crippen LogP contribution in [0, 0.1) is 6.92 Å². The molecule has 7 nitrogen and oxygen atoms in total. The third kappa shape index (κ3) is 4.79.